The smallest absolute Gasteiger partial charge is 0.294 e. The average molecular weight is 636 g/mol. The number of anilines is 1. The second-order valence-electron chi connectivity index (χ2n) is 7.99. The van der Waals surface area contributed by atoms with E-state index in [9.17, 15) is 14.4 Å². The Morgan fingerprint density at radius 1 is 1.03 bits per heavy atom. The molecule has 0 bridgehead atoms. The number of carbonyl (C=O) groups is 3. The molecule has 38 heavy (non-hydrogen) atoms. The Bertz CT molecular complexity index is 1420. The third kappa shape index (κ3) is 7.11. The molecule has 7 nitrogen and oxygen atoms in total. The van der Waals surface area contributed by atoms with Crippen molar-refractivity contribution >= 4 is 79.7 Å². The highest BCUT2D eigenvalue weighted by Crippen LogP contribution is 2.35. The fourth-order valence-electron chi connectivity index (χ4n) is 3.46. The first-order chi connectivity index (χ1) is 18.2. The number of halogens is 3. The predicted molar refractivity (Wildman–Crippen MR) is 154 cm³/mol. The van der Waals surface area contributed by atoms with Gasteiger partial charge in [-0.25, -0.2) is 0 Å². The van der Waals surface area contributed by atoms with E-state index in [4.69, 9.17) is 32.7 Å². The summed E-state index contributed by atoms with van der Waals surface area (Å²) < 4.78 is 12.5. The van der Waals surface area contributed by atoms with E-state index in [1.807, 2.05) is 6.92 Å². The lowest BCUT2D eigenvalue weighted by Crippen LogP contribution is -2.36. The number of benzene rings is 3. The summed E-state index contributed by atoms with van der Waals surface area (Å²) in [5, 5.41) is 3.19. The first-order valence-electron chi connectivity index (χ1n) is 11.4. The summed E-state index contributed by atoms with van der Waals surface area (Å²) in [5.74, 6) is -0.0504. The van der Waals surface area contributed by atoms with Crippen LogP contribution in [0.25, 0.3) is 6.08 Å². The number of nitrogens with one attached hydrogen (secondary N) is 1. The summed E-state index contributed by atoms with van der Waals surface area (Å²) in [6, 6.07) is 17.3. The molecule has 196 valence electrons. The molecule has 1 aliphatic rings. The molecule has 1 fully saturated rings. The van der Waals surface area contributed by atoms with Crippen molar-refractivity contribution in [2.24, 2.45) is 0 Å². The van der Waals surface area contributed by atoms with Crippen LogP contribution < -0.4 is 14.8 Å². The maximum Gasteiger partial charge on any atom is 0.294 e. The molecule has 0 unspecified atom stereocenters. The first kappa shape index (κ1) is 28.0. The Morgan fingerprint density at radius 3 is 2.50 bits per heavy atom. The van der Waals surface area contributed by atoms with Crippen LogP contribution in [0.2, 0.25) is 10.0 Å². The number of carbonyl (C=O) groups excluding carboxylic acids is 3. The highest BCUT2D eigenvalue weighted by atomic mass is 79.9. The topological polar surface area (TPSA) is 84.9 Å². The molecule has 11 heteroatoms. The van der Waals surface area contributed by atoms with Crippen LogP contribution in [0, 0.1) is 0 Å². The van der Waals surface area contributed by atoms with Gasteiger partial charge in [-0.2, -0.15) is 0 Å². The minimum absolute atomic E-state index is 0.204. The number of nitrogens with zero attached hydrogens (tertiary/aromatic N) is 1. The van der Waals surface area contributed by atoms with Gasteiger partial charge in [0.05, 0.1) is 11.5 Å². The molecule has 1 aliphatic heterocycles. The number of rotatable bonds is 9. The van der Waals surface area contributed by atoms with Crippen LogP contribution in [0.1, 0.15) is 18.1 Å². The zero-order valence-electron chi connectivity index (χ0n) is 20.0. The second kappa shape index (κ2) is 12.7. The zero-order valence-corrected chi connectivity index (χ0v) is 23.9. The molecule has 0 aromatic heterocycles. The van der Waals surface area contributed by atoms with Crippen LogP contribution >= 0.6 is 50.9 Å². The van der Waals surface area contributed by atoms with E-state index in [0.29, 0.717) is 39.4 Å². The molecule has 0 atom stereocenters. The van der Waals surface area contributed by atoms with Crippen LogP contribution in [-0.2, 0) is 16.2 Å². The van der Waals surface area contributed by atoms with Crippen LogP contribution in [0.4, 0.5) is 10.5 Å². The number of hydrogen-bond donors (Lipinski definition) is 1. The fraction of sp³-hybridized carbons (Fsp3) is 0.148. The zero-order chi connectivity index (χ0) is 27.2. The SMILES string of the molecule is CCOc1cc(/C=C2/SC(=O)N(CC(=O)Nc3ccc(Br)cc3)C2=O)ccc1OCc1ccc(Cl)cc1Cl. The molecule has 0 spiro atoms. The molecule has 0 radical (unpaired) electrons. The number of amides is 3. The van der Waals surface area contributed by atoms with Crippen molar-refractivity contribution in [1.82, 2.24) is 4.90 Å². The van der Waals surface area contributed by atoms with Crippen molar-refractivity contribution in [3.05, 3.63) is 91.2 Å². The van der Waals surface area contributed by atoms with Gasteiger partial charge in [-0.05, 0) is 78.9 Å². The average Bonchev–Trinajstić information content (AvgIpc) is 3.13. The summed E-state index contributed by atoms with van der Waals surface area (Å²) in [4.78, 5) is 38.9. The van der Waals surface area contributed by atoms with Crippen molar-refractivity contribution in [2.45, 2.75) is 13.5 Å². The van der Waals surface area contributed by atoms with Gasteiger partial charge in [-0.15, -0.1) is 0 Å². The van der Waals surface area contributed by atoms with Gasteiger partial charge in [0.15, 0.2) is 11.5 Å². The first-order valence-corrected chi connectivity index (χ1v) is 13.7. The van der Waals surface area contributed by atoms with Gasteiger partial charge >= 0.3 is 0 Å². The van der Waals surface area contributed by atoms with Gasteiger partial charge < -0.3 is 14.8 Å². The maximum atomic E-state index is 12.9. The Morgan fingerprint density at radius 2 is 1.79 bits per heavy atom. The van der Waals surface area contributed by atoms with Gasteiger partial charge in [0.1, 0.15) is 13.2 Å². The molecular weight excluding hydrogens is 615 g/mol. The number of ether oxygens (including phenoxy) is 2. The van der Waals surface area contributed by atoms with E-state index in [2.05, 4.69) is 21.2 Å². The lowest BCUT2D eigenvalue weighted by atomic mass is 10.1. The van der Waals surface area contributed by atoms with E-state index in [0.717, 1.165) is 26.7 Å². The molecule has 0 saturated carbocycles. The number of imide groups is 1. The standard InChI is InChI=1S/C27H21BrCl2N2O5S/c1-2-36-23-11-16(3-10-22(23)37-15-17-4-7-19(29)13-21(17)30)12-24-26(34)32(27(35)38-24)14-25(33)31-20-8-5-18(28)6-9-20/h3-13H,2,14-15H2,1H3,(H,31,33)/b24-12+. The van der Waals surface area contributed by atoms with Crippen molar-refractivity contribution in [3.8, 4) is 11.5 Å². The van der Waals surface area contributed by atoms with E-state index >= 15 is 0 Å². The minimum Gasteiger partial charge on any atom is -0.490 e. The Balaban J connectivity index is 1.45. The lowest BCUT2D eigenvalue weighted by molar-refractivity contribution is -0.127. The Hall–Kier alpha value is -2.98. The van der Waals surface area contributed by atoms with Crippen molar-refractivity contribution < 1.29 is 23.9 Å². The molecule has 3 aromatic carbocycles. The summed E-state index contributed by atoms with van der Waals surface area (Å²) in [7, 11) is 0. The van der Waals surface area contributed by atoms with E-state index < -0.39 is 17.1 Å². The molecule has 4 rings (SSSR count). The molecule has 1 heterocycles. The Labute approximate surface area is 242 Å². The van der Waals surface area contributed by atoms with Gasteiger partial charge in [-0.1, -0.05) is 51.3 Å². The number of hydrogen-bond acceptors (Lipinski definition) is 6. The van der Waals surface area contributed by atoms with Crippen molar-refractivity contribution in [3.63, 3.8) is 0 Å². The highest BCUT2D eigenvalue weighted by molar-refractivity contribution is 9.10. The number of thioether (sulfide) groups is 1. The second-order valence-corrected chi connectivity index (χ2v) is 10.7. The summed E-state index contributed by atoms with van der Waals surface area (Å²) >= 11 is 16.3. The van der Waals surface area contributed by atoms with Crippen LogP contribution in [0.3, 0.4) is 0 Å². The van der Waals surface area contributed by atoms with Crippen molar-refractivity contribution in [2.75, 3.05) is 18.5 Å². The van der Waals surface area contributed by atoms with Crippen LogP contribution in [-0.4, -0.2) is 35.1 Å². The van der Waals surface area contributed by atoms with E-state index in [-0.39, 0.29) is 18.1 Å². The normalized spacial score (nSPS) is 14.2. The maximum absolute atomic E-state index is 12.9. The van der Waals surface area contributed by atoms with Crippen LogP contribution in [0.5, 0.6) is 11.5 Å². The molecule has 3 aromatic rings. The highest BCUT2D eigenvalue weighted by Gasteiger charge is 2.36. The summed E-state index contributed by atoms with van der Waals surface area (Å²) in [6.07, 6.45) is 1.58. The van der Waals surface area contributed by atoms with Gasteiger partial charge in [0, 0.05) is 25.8 Å². The third-order valence-electron chi connectivity index (χ3n) is 5.27. The van der Waals surface area contributed by atoms with Gasteiger partial charge in [0.2, 0.25) is 5.91 Å². The summed E-state index contributed by atoms with van der Waals surface area (Å²) in [5.41, 5.74) is 1.96. The molecule has 1 N–H and O–H groups in total. The largest absolute Gasteiger partial charge is 0.490 e. The summed E-state index contributed by atoms with van der Waals surface area (Å²) in [6.45, 7) is 2.06. The van der Waals surface area contributed by atoms with Gasteiger partial charge in [0.25, 0.3) is 11.1 Å². The van der Waals surface area contributed by atoms with E-state index in [1.54, 1.807) is 66.7 Å². The monoisotopic (exact) mass is 634 g/mol. The predicted octanol–water partition coefficient (Wildman–Crippen LogP) is 7.41. The molecule has 3 amide bonds. The third-order valence-corrected chi connectivity index (χ3v) is 7.29. The quantitative estimate of drug-likeness (QED) is 0.247. The lowest BCUT2D eigenvalue weighted by Gasteiger charge is -2.14. The molecule has 1 saturated heterocycles. The molecule has 0 aliphatic carbocycles. The van der Waals surface area contributed by atoms with Crippen LogP contribution in [0.15, 0.2) is 70.0 Å². The Kier molecular flexibility index (Phi) is 9.38. The van der Waals surface area contributed by atoms with E-state index in [1.165, 1.54) is 0 Å². The van der Waals surface area contributed by atoms with Gasteiger partial charge in [-0.3, -0.25) is 19.3 Å². The fourth-order valence-corrected chi connectivity index (χ4v) is 5.03. The minimum atomic E-state index is -0.540. The van der Waals surface area contributed by atoms with Crippen molar-refractivity contribution in [1.29, 1.82) is 0 Å². The molecular formula is C27H21BrCl2N2O5S.